The molecule has 104 valence electrons. The zero-order chi connectivity index (χ0) is 13.9. The third-order valence-electron chi connectivity index (χ3n) is 3.41. The van der Waals surface area contributed by atoms with Crippen molar-refractivity contribution < 1.29 is 4.74 Å². The van der Waals surface area contributed by atoms with E-state index in [9.17, 15) is 0 Å². The van der Waals surface area contributed by atoms with Crippen LogP contribution in [0.4, 0.5) is 0 Å². The van der Waals surface area contributed by atoms with Gasteiger partial charge < -0.3 is 4.74 Å². The molecule has 0 saturated heterocycles. The lowest BCUT2D eigenvalue weighted by Crippen LogP contribution is -2.28. The lowest BCUT2D eigenvalue weighted by Gasteiger charge is -2.17. The third kappa shape index (κ3) is 3.12. The molecule has 0 bridgehead atoms. The highest BCUT2D eigenvalue weighted by Crippen LogP contribution is 2.29. The SMILES string of the molecule is NNC(c1ccc(Cl)cc1)c1ccc(OC2CC2)cc1. The first-order valence-corrected chi connectivity index (χ1v) is 7.12. The van der Waals surface area contributed by atoms with E-state index in [1.54, 1.807) is 0 Å². The van der Waals surface area contributed by atoms with Gasteiger partial charge in [0.25, 0.3) is 0 Å². The van der Waals surface area contributed by atoms with Crippen LogP contribution in [0.3, 0.4) is 0 Å². The largest absolute Gasteiger partial charge is 0.490 e. The third-order valence-corrected chi connectivity index (χ3v) is 3.66. The standard InChI is InChI=1S/C16H17ClN2O/c17-13-5-1-11(2-6-13)16(19-18)12-3-7-14(8-4-12)20-15-9-10-15/h1-8,15-16,19H,9-10,18H2. The number of nitrogens with two attached hydrogens (primary N) is 1. The average molecular weight is 289 g/mol. The van der Waals surface area contributed by atoms with Gasteiger partial charge in [-0.25, -0.2) is 5.43 Å². The Hall–Kier alpha value is -1.55. The predicted molar refractivity (Wildman–Crippen MR) is 80.7 cm³/mol. The summed E-state index contributed by atoms with van der Waals surface area (Å²) in [7, 11) is 0. The highest BCUT2D eigenvalue weighted by atomic mass is 35.5. The fourth-order valence-electron chi connectivity index (χ4n) is 2.16. The first-order chi connectivity index (χ1) is 9.76. The van der Waals surface area contributed by atoms with Crippen LogP contribution in [0, 0.1) is 0 Å². The van der Waals surface area contributed by atoms with Gasteiger partial charge in [0.2, 0.25) is 0 Å². The van der Waals surface area contributed by atoms with Gasteiger partial charge in [-0.2, -0.15) is 0 Å². The zero-order valence-corrected chi connectivity index (χ0v) is 11.8. The van der Waals surface area contributed by atoms with Gasteiger partial charge in [0, 0.05) is 5.02 Å². The van der Waals surface area contributed by atoms with Crippen LogP contribution in [0.1, 0.15) is 30.0 Å². The Morgan fingerprint density at radius 2 is 1.55 bits per heavy atom. The van der Waals surface area contributed by atoms with Crippen LogP contribution in [0.25, 0.3) is 0 Å². The minimum atomic E-state index is -0.0535. The molecule has 1 fully saturated rings. The molecule has 3 N–H and O–H groups in total. The van der Waals surface area contributed by atoms with Crippen molar-refractivity contribution >= 4 is 11.6 Å². The van der Waals surface area contributed by atoms with E-state index in [4.69, 9.17) is 22.2 Å². The van der Waals surface area contributed by atoms with Crippen LogP contribution in [0.2, 0.25) is 5.02 Å². The van der Waals surface area contributed by atoms with E-state index in [1.807, 2.05) is 48.5 Å². The van der Waals surface area contributed by atoms with E-state index in [0.29, 0.717) is 6.10 Å². The lowest BCUT2D eigenvalue weighted by molar-refractivity contribution is 0.303. The molecule has 0 spiro atoms. The first kappa shape index (κ1) is 13.4. The molecule has 2 aromatic carbocycles. The first-order valence-electron chi connectivity index (χ1n) is 6.74. The number of ether oxygens (including phenoxy) is 1. The van der Waals surface area contributed by atoms with Crippen LogP contribution in [-0.4, -0.2) is 6.10 Å². The Kier molecular flexibility index (Phi) is 3.92. The fraction of sp³-hybridized carbons (Fsp3) is 0.250. The van der Waals surface area contributed by atoms with Gasteiger partial charge in [0.15, 0.2) is 0 Å². The van der Waals surface area contributed by atoms with Crippen LogP contribution >= 0.6 is 11.6 Å². The van der Waals surface area contributed by atoms with Gasteiger partial charge in [-0.3, -0.25) is 5.84 Å². The van der Waals surface area contributed by atoms with E-state index in [0.717, 1.165) is 21.9 Å². The summed E-state index contributed by atoms with van der Waals surface area (Å²) in [4.78, 5) is 0. The molecule has 2 aromatic rings. The molecule has 0 aromatic heterocycles. The van der Waals surface area contributed by atoms with Crippen LogP contribution in [0.5, 0.6) is 5.75 Å². The van der Waals surface area contributed by atoms with Crippen molar-refractivity contribution in [3.8, 4) is 5.75 Å². The minimum Gasteiger partial charge on any atom is -0.490 e. The molecule has 20 heavy (non-hydrogen) atoms. The molecule has 0 aliphatic heterocycles. The summed E-state index contributed by atoms with van der Waals surface area (Å²) < 4.78 is 5.75. The number of hydrogen-bond acceptors (Lipinski definition) is 3. The lowest BCUT2D eigenvalue weighted by atomic mass is 9.99. The molecule has 0 heterocycles. The van der Waals surface area contributed by atoms with E-state index in [-0.39, 0.29) is 6.04 Å². The highest BCUT2D eigenvalue weighted by Gasteiger charge is 2.23. The van der Waals surface area contributed by atoms with Crippen LogP contribution < -0.4 is 16.0 Å². The number of hydrazine groups is 1. The molecule has 1 aliphatic carbocycles. The molecule has 1 atom stereocenters. The van der Waals surface area contributed by atoms with Crippen molar-refractivity contribution in [1.82, 2.24) is 5.43 Å². The van der Waals surface area contributed by atoms with Gasteiger partial charge in [0.05, 0.1) is 12.1 Å². The normalized spacial score (nSPS) is 15.9. The molecule has 3 rings (SSSR count). The Labute approximate surface area is 123 Å². The van der Waals surface area contributed by atoms with E-state index in [1.165, 1.54) is 12.8 Å². The quantitative estimate of drug-likeness (QED) is 0.654. The number of benzene rings is 2. The summed E-state index contributed by atoms with van der Waals surface area (Å²) >= 11 is 5.91. The summed E-state index contributed by atoms with van der Waals surface area (Å²) in [5, 5.41) is 0.720. The van der Waals surface area contributed by atoms with E-state index < -0.39 is 0 Å². The summed E-state index contributed by atoms with van der Waals surface area (Å²) in [5.41, 5.74) is 5.01. The molecular formula is C16H17ClN2O. The van der Waals surface area contributed by atoms with Crippen molar-refractivity contribution in [1.29, 1.82) is 0 Å². The maximum absolute atomic E-state index is 5.91. The number of hydrogen-bond donors (Lipinski definition) is 2. The van der Waals surface area contributed by atoms with Gasteiger partial charge in [-0.05, 0) is 48.2 Å². The van der Waals surface area contributed by atoms with E-state index in [2.05, 4.69) is 5.43 Å². The number of halogens is 1. The van der Waals surface area contributed by atoms with Crippen molar-refractivity contribution in [2.45, 2.75) is 25.0 Å². The van der Waals surface area contributed by atoms with Gasteiger partial charge in [-0.15, -0.1) is 0 Å². The predicted octanol–water partition coefficient (Wildman–Crippen LogP) is 3.43. The molecular weight excluding hydrogens is 272 g/mol. The highest BCUT2D eigenvalue weighted by molar-refractivity contribution is 6.30. The second kappa shape index (κ2) is 5.83. The van der Waals surface area contributed by atoms with Crippen LogP contribution in [-0.2, 0) is 0 Å². The van der Waals surface area contributed by atoms with Crippen LogP contribution in [0.15, 0.2) is 48.5 Å². The fourth-order valence-corrected chi connectivity index (χ4v) is 2.28. The summed E-state index contributed by atoms with van der Waals surface area (Å²) in [6.45, 7) is 0. The Balaban J connectivity index is 1.79. The summed E-state index contributed by atoms with van der Waals surface area (Å²) in [6, 6.07) is 15.7. The number of rotatable bonds is 5. The molecule has 3 nitrogen and oxygen atoms in total. The molecule has 0 radical (unpaired) electrons. The second-order valence-electron chi connectivity index (χ2n) is 5.04. The zero-order valence-electron chi connectivity index (χ0n) is 11.1. The van der Waals surface area contributed by atoms with E-state index >= 15 is 0 Å². The Bertz CT molecular complexity index is 564. The van der Waals surface area contributed by atoms with Crippen molar-refractivity contribution in [2.24, 2.45) is 5.84 Å². The minimum absolute atomic E-state index is 0.0535. The van der Waals surface area contributed by atoms with Gasteiger partial charge in [-0.1, -0.05) is 35.9 Å². The monoisotopic (exact) mass is 288 g/mol. The number of nitrogens with one attached hydrogen (secondary N) is 1. The van der Waals surface area contributed by atoms with Crippen molar-refractivity contribution in [2.75, 3.05) is 0 Å². The van der Waals surface area contributed by atoms with Gasteiger partial charge in [0.1, 0.15) is 5.75 Å². The maximum Gasteiger partial charge on any atom is 0.119 e. The smallest absolute Gasteiger partial charge is 0.119 e. The summed E-state index contributed by atoms with van der Waals surface area (Å²) in [6.07, 6.45) is 2.75. The Morgan fingerprint density at radius 1 is 1.00 bits per heavy atom. The Morgan fingerprint density at radius 3 is 2.05 bits per heavy atom. The van der Waals surface area contributed by atoms with Gasteiger partial charge >= 0.3 is 0 Å². The molecule has 4 heteroatoms. The second-order valence-corrected chi connectivity index (χ2v) is 5.47. The molecule has 1 aliphatic rings. The maximum atomic E-state index is 5.91. The topological polar surface area (TPSA) is 47.3 Å². The summed E-state index contributed by atoms with van der Waals surface area (Å²) in [5.74, 6) is 6.61. The van der Waals surface area contributed by atoms with Crippen molar-refractivity contribution in [3.05, 3.63) is 64.7 Å². The van der Waals surface area contributed by atoms with Crippen molar-refractivity contribution in [3.63, 3.8) is 0 Å². The molecule has 0 amide bonds. The molecule has 1 saturated carbocycles. The molecule has 1 unspecified atom stereocenters. The average Bonchev–Trinajstić information content (AvgIpc) is 3.27.